The zero-order chi connectivity index (χ0) is 15.2. The van der Waals surface area contributed by atoms with Crippen LogP contribution >= 0.6 is 0 Å². The van der Waals surface area contributed by atoms with Crippen LogP contribution in [0.5, 0.6) is 0 Å². The van der Waals surface area contributed by atoms with E-state index in [2.05, 4.69) is 0 Å². The summed E-state index contributed by atoms with van der Waals surface area (Å²) in [5.74, 6) is -1.51. The molecule has 0 bridgehead atoms. The standard InChI is InChI=1S/C18H16FNO/c1-13-5-7-14(8-6-13)9-10-18(21)17(12-20)15-3-2-4-16(19)11-15/h2-8,11,17H,9-10H2,1H3. The highest BCUT2D eigenvalue weighted by Crippen LogP contribution is 2.19. The van der Waals surface area contributed by atoms with Crippen LogP contribution in [0.2, 0.25) is 0 Å². The van der Waals surface area contributed by atoms with E-state index in [-0.39, 0.29) is 12.2 Å². The number of nitrogens with zero attached hydrogens (tertiary/aromatic N) is 1. The van der Waals surface area contributed by atoms with Crippen molar-refractivity contribution in [3.05, 3.63) is 71.0 Å². The van der Waals surface area contributed by atoms with Gasteiger partial charge in [-0.25, -0.2) is 4.39 Å². The lowest BCUT2D eigenvalue weighted by Crippen LogP contribution is -2.12. The molecule has 0 aromatic heterocycles. The predicted octanol–water partition coefficient (Wildman–Crippen LogP) is 3.94. The van der Waals surface area contributed by atoms with E-state index in [4.69, 9.17) is 0 Å². The average molecular weight is 281 g/mol. The van der Waals surface area contributed by atoms with Gasteiger partial charge in [-0.1, -0.05) is 42.0 Å². The lowest BCUT2D eigenvalue weighted by molar-refractivity contribution is -0.119. The van der Waals surface area contributed by atoms with Crippen LogP contribution in [0.1, 0.15) is 29.0 Å². The molecule has 0 fully saturated rings. The summed E-state index contributed by atoms with van der Waals surface area (Å²) in [4.78, 5) is 12.2. The van der Waals surface area contributed by atoms with Crippen molar-refractivity contribution in [2.24, 2.45) is 0 Å². The van der Waals surface area contributed by atoms with E-state index in [1.807, 2.05) is 37.3 Å². The van der Waals surface area contributed by atoms with Crippen molar-refractivity contribution in [2.75, 3.05) is 0 Å². The third-order valence-electron chi connectivity index (χ3n) is 3.41. The van der Waals surface area contributed by atoms with Crippen LogP contribution < -0.4 is 0 Å². The van der Waals surface area contributed by atoms with Gasteiger partial charge in [0.1, 0.15) is 11.7 Å². The minimum absolute atomic E-state index is 0.177. The third kappa shape index (κ3) is 4.00. The second kappa shape index (κ2) is 6.81. The van der Waals surface area contributed by atoms with E-state index in [1.165, 1.54) is 23.8 Å². The summed E-state index contributed by atoms with van der Waals surface area (Å²) in [6, 6.07) is 15.6. The highest BCUT2D eigenvalue weighted by molar-refractivity contribution is 5.88. The average Bonchev–Trinajstić information content (AvgIpc) is 2.47. The molecule has 0 amide bonds. The summed E-state index contributed by atoms with van der Waals surface area (Å²) in [7, 11) is 0. The van der Waals surface area contributed by atoms with Gasteiger partial charge < -0.3 is 0 Å². The van der Waals surface area contributed by atoms with Crippen LogP contribution in [0, 0.1) is 24.1 Å². The quantitative estimate of drug-likeness (QED) is 0.832. The molecular formula is C18H16FNO. The summed E-state index contributed by atoms with van der Waals surface area (Å²) in [5.41, 5.74) is 2.65. The molecular weight excluding hydrogens is 265 g/mol. The van der Waals surface area contributed by atoms with E-state index in [0.29, 0.717) is 12.0 Å². The number of ketones is 1. The van der Waals surface area contributed by atoms with Crippen molar-refractivity contribution >= 4 is 5.78 Å². The summed E-state index contributed by atoms with van der Waals surface area (Å²) < 4.78 is 13.2. The first kappa shape index (κ1) is 14.9. The van der Waals surface area contributed by atoms with Crippen LogP contribution in [-0.2, 0) is 11.2 Å². The Hall–Kier alpha value is -2.47. The first-order valence-corrected chi connectivity index (χ1v) is 6.83. The zero-order valence-corrected chi connectivity index (χ0v) is 11.8. The lowest BCUT2D eigenvalue weighted by atomic mass is 9.92. The number of aryl methyl sites for hydroxylation is 2. The van der Waals surface area contributed by atoms with Gasteiger partial charge in [0.15, 0.2) is 5.78 Å². The second-order valence-electron chi connectivity index (χ2n) is 5.07. The molecule has 2 aromatic rings. The molecule has 1 unspecified atom stereocenters. The molecule has 0 saturated carbocycles. The number of Topliss-reactive ketones (excluding diaryl/α,β-unsaturated/α-hetero) is 1. The highest BCUT2D eigenvalue weighted by Gasteiger charge is 2.20. The van der Waals surface area contributed by atoms with E-state index in [0.717, 1.165) is 5.56 Å². The van der Waals surface area contributed by atoms with Gasteiger partial charge in [-0.05, 0) is 36.6 Å². The van der Waals surface area contributed by atoms with Crippen molar-refractivity contribution in [2.45, 2.75) is 25.7 Å². The lowest BCUT2D eigenvalue weighted by Gasteiger charge is -2.09. The third-order valence-corrected chi connectivity index (χ3v) is 3.41. The maximum absolute atomic E-state index is 13.2. The van der Waals surface area contributed by atoms with Gasteiger partial charge in [-0.2, -0.15) is 5.26 Å². The van der Waals surface area contributed by atoms with Gasteiger partial charge >= 0.3 is 0 Å². The maximum atomic E-state index is 13.2. The van der Waals surface area contributed by atoms with E-state index >= 15 is 0 Å². The Morgan fingerprint density at radius 2 is 1.95 bits per heavy atom. The monoisotopic (exact) mass is 281 g/mol. The van der Waals surface area contributed by atoms with Gasteiger partial charge in [-0.15, -0.1) is 0 Å². The second-order valence-corrected chi connectivity index (χ2v) is 5.07. The Morgan fingerprint density at radius 3 is 2.57 bits per heavy atom. The van der Waals surface area contributed by atoms with Crippen LogP contribution in [0.3, 0.4) is 0 Å². The smallest absolute Gasteiger partial charge is 0.154 e. The molecule has 0 saturated heterocycles. The molecule has 0 radical (unpaired) electrons. The van der Waals surface area contributed by atoms with Gasteiger partial charge in [0, 0.05) is 6.42 Å². The highest BCUT2D eigenvalue weighted by atomic mass is 19.1. The molecule has 0 N–H and O–H groups in total. The molecule has 0 aliphatic carbocycles. The Morgan fingerprint density at radius 1 is 1.24 bits per heavy atom. The van der Waals surface area contributed by atoms with E-state index in [1.54, 1.807) is 6.07 Å². The SMILES string of the molecule is Cc1ccc(CCC(=O)C(C#N)c2cccc(F)c2)cc1. The fourth-order valence-corrected chi connectivity index (χ4v) is 2.19. The number of halogens is 1. The van der Waals surface area contributed by atoms with E-state index in [9.17, 15) is 14.4 Å². The number of carbonyl (C=O) groups excluding carboxylic acids is 1. The molecule has 0 spiro atoms. The number of nitriles is 1. The molecule has 0 aliphatic rings. The first-order valence-electron chi connectivity index (χ1n) is 6.83. The maximum Gasteiger partial charge on any atom is 0.154 e. The van der Waals surface area contributed by atoms with Crippen LogP contribution in [-0.4, -0.2) is 5.78 Å². The molecule has 106 valence electrons. The van der Waals surface area contributed by atoms with Gasteiger partial charge in [0.2, 0.25) is 0 Å². The fourth-order valence-electron chi connectivity index (χ4n) is 2.19. The largest absolute Gasteiger partial charge is 0.298 e. The Bertz CT molecular complexity index is 670. The minimum Gasteiger partial charge on any atom is -0.298 e. The van der Waals surface area contributed by atoms with Crippen molar-refractivity contribution < 1.29 is 9.18 Å². The van der Waals surface area contributed by atoms with Crippen LogP contribution in [0.25, 0.3) is 0 Å². The molecule has 0 heterocycles. The summed E-state index contributed by atoms with van der Waals surface area (Å²) >= 11 is 0. The van der Waals surface area contributed by atoms with Crippen LogP contribution in [0.4, 0.5) is 4.39 Å². The molecule has 0 aliphatic heterocycles. The Labute approximate surface area is 123 Å². The van der Waals surface area contributed by atoms with Gasteiger partial charge in [0.05, 0.1) is 6.07 Å². The summed E-state index contributed by atoms with van der Waals surface area (Å²) in [5, 5.41) is 9.18. The molecule has 2 nitrogen and oxygen atoms in total. The fraction of sp³-hybridized carbons (Fsp3) is 0.222. The summed E-state index contributed by atoms with van der Waals surface area (Å²) in [6.07, 6.45) is 0.865. The number of hydrogen-bond acceptors (Lipinski definition) is 2. The Kier molecular flexibility index (Phi) is 4.84. The predicted molar refractivity (Wildman–Crippen MR) is 79.3 cm³/mol. The first-order chi connectivity index (χ1) is 10.1. The summed E-state index contributed by atoms with van der Waals surface area (Å²) in [6.45, 7) is 2.00. The number of hydrogen-bond donors (Lipinski definition) is 0. The Balaban J connectivity index is 2.04. The minimum atomic E-state index is -0.897. The van der Waals surface area contributed by atoms with Crippen molar-refractivity contribution in [1.82, 2.24) is 0 Å². The molecule has 2 aromatic carbocycles. The van der Waals surface area contributed by atoms with Gasteiger partial charge in [-0.3, -0.25) is 4.79 Å². The molecule has 1 atom stereocenters. The van der Waals surface area contributed by atoms with Crippen molar-refractivity contribution in [3.8, 4) is 6.07 Å². The number of benzene rings is 2. The van der Waals surface area contributed by atoms with Crippen molar-refractivity contribution in [3.63, 3.8) is 0 Å². The van der Waals surface area contributed by atoms with Crippen LogP contribution in [0.15, 0.2) is 48.5 Å². The normalized spacial score (nSPS) is 11.7. The molecule has 2 rings (SSSR count). The number of carbonyl (C=O) groups is 1. The topological polar surface area (TPSA) is 40.9 Å². The van der Waals surface area contributed by atoms with E-state index < -0.39 is 11.7 Å². The zero-order valence-electron chi connectivity index (χ0n) is 11.8. The molecule has 3 heteroatoms. The number of rotatable bonds is 5. The van der Waals surface area contributed by atoms with Gasteiger partial charge in [0.25, 0.3) is 0 Å². The molecule has 21 heavy (non-hydrogen) atoms. The van der Waals surface area contributed by atoms with Crippen molar-refractivity contribution in [1.29, 1.82) is 5.26 Å².